The van der Waals surface area contributed by atoms with E-state index in [-0.39, 0.29) is 0 Å². The van der Waals surface area contributed by atoms with Crippen LogP contribution in [0.2, 0.25) is 0 Å². The third-order valence-electron chi connectivity index (χ3n) is 3.56. The first-order valence-corrected chi connectivity index (χ1v) is 9.33. The predicted octanol–water partition coefficient (Wildman–Crippen LogP) is 4.09. The number of amides is 1. The molecule has 1 atom stereocenters. The third kappa shape index (κ3) is 3.83. The number of aromatic nitrogens is 1. The van der Waals surface area contributed by atoms with Crippen LogP contribution >= 0.6 is 0 Å². The van der Waals surface area contributed by atoms with Crippen molar-refractivity contribution >= 4 is 15.6 Å². The SMILES string of the molecule is Cc1cc(-c2ccc(C(=O)N=S(C)(=O)c3ccc(F)cc3)cc2)no1. The second-order valence-electron chi connectivity index (χ2n) is 5.55. The normalized spacial score (nSPS) is 13.2. The van der Waals surface area contributed by atoms with Gasteiger partial charge >= 0.3 is 0 Å². The van der Waals surface area contributed by atoms with E-state index in [2.05, 4.69) is 9.52 Å². The molecule has 0 aliphatic rings. The van der Waals surface area contributed by atoms with Crippen molar-refractivity contribution in [2.75, 3.05) is 6.26 Å². The quantitative estimate of drug-likeness (QED) is 0.707. The first kappa shape index (κ1) is 17.0. The maximum atomic E-state index is 13.0. The van der Waals surface area contributed by atoms with Gasteiger partial charge in [-0.3, -0.25) is 4.79 Å². The minimum absolute atomic E-state index is 0.303. The van der Waals surface area contributed by atoms with Crippen molar-refractivity contribution in [2.45, 2.75) is 11.8 Å². The number of carbonyl (C=O) groups excluding carboxylic acids is 1. The van der Waals surface area contributed by atoms with E-state index >= 15 is 0 Å². The fraction of sp³-hybridized carbons (Fsp3) is 0.111. The lowest BCUT2D eigenvalue weighted by atomic mass is 10.1. The van der Waals surface area contributed by atoms with Crippen LogP contribution in [0.5, 0.6) is 0 Å². The first-order chi connectivity index (χ1) is 11.8. The molecule has 7 heteroatoms. The zero-order valence-corrected chi connectivity index (χ0v) is 14.4. The number of halogens is 1. The molecule has 5 nitrogen and oxygen atoms in total. The molecule has 128 valence electrons. The Morgan fingerprint density at radius 1 is 1.12 bits per heavy atom. The minimum atomic E-state index is -2.95. The summed E-state index contributed by atoms with van der Waals surface area (Å²) < 4.78 is 34.5. The molecule has 3 aromatic rings. The number of aryl methyl sites for hydroxylation is 1. The van der Waals surface area contributed by atoms with E-state index in [1.54, 1.807) is 37.3 Å². The monoisotopic (exact) mass is 358 g/mol. The van der Waals surface area contributed by atoms with Gasteiger partial charge in [-0.2, -0.15) is 4.36 Å². The van der Waals surface area contributed by atoms with Gasteiger partial charge in [0, 0.05) is 28.3 Å². The highest BCUT2D eigenvalue weighted by Crippen LogP contribution is 2.20. The Hall–Kier alpha value is -2.80. The van der Waals surface area contributed by atoms with Crippen molar-refractivity contribution in [1.29, 1.82) is 0 Å². The Morgan fingerprint density at radius 3 is 2.32 bits per heavy atom. The van der Waals surface area contributed by atoms with Crippen LogP contribution in [-0.2, 0) is 9.73 Å². The average Bonchev–Trinajstić information content (AvgIpc) is 3.01. The lowest BCUT2D eigenvalue weighted by Gasteiger charge is -2.04. The number of hydrogen-bond donors (Lipinski definition) is 0. The van der Waals surface area contributed by atoms with Gasteiger partial charge in [-0.15, -0.1) is 0 Å². The number of carbonyl (C=O) groups is 1. The van der Waals surface area contributed by atoms with Crippen LogP contribution in [0.1, 0.15) is 16.1 Å². The summed E-state index contributed by atoms with van der Waals surface area (Å²) in [5.41, 5.74) is 1.77. The van der Waals surface area contributed by atoms with Gasteiger partial charge in [0.25, 0.3) is 5.91 Å². The maximum absolute atomic E-state index is 13.0. The lowest BCUT2D eigenvalue weighted by Crippen LogP contribution is -2.04. The van der Waals surface area contributed by atoms with E-state index in [4.69, 9.17) is 4.52 Å². The third-order valence-corrected chi connectivity index (χ3v) is 5.22. The van der Waals surface area contributed by atoms with Crippen LogP contribution in [-0.4, -0.2) is 21.5 Å². The molecule has 0 aliphatic heterocycles. The van der Waals surface area contributed by atoms with Gasteiger partial charge in [0.05, 0.1) is 9.73 Å². The Balaban J connectivity index is 1.87. The molecule has 1 unspecified atom stereocenters. The van der Waals surface area contributed by atoms with Gasteiger partial charge < -0.3 is 4.52 Å². The van der Waals surface area contributed by atoms with Crippen molar-refractivity contribution in [3.8, 4) is 11.3 Å². The van der Waals surface area contributed by atoms with Crippen LogP contribution in [0, 0.1) is 12.7 Å². The first-order valence-electron chi connectivity index (χ1n) is 7.41. The fourth-order valence-corrected chi connectivity index (χ4v) is 3.41. The highest BCUT2D eigenvalue weighted by molar-refractivity contribution is 7.93. The zero-order chi connectivity index (χ0) is 18.0. The van der Waals surface area contributed by atoms with Gasteiger partial charge in [0.2, 0.25) is 0 Å². The van der Waals surface area contributed by atoms with E-state index in [0.717, 1.165) is 5.56 Å². The molecule has 3 rings (SSSR count). The molecule has 1 aromatic heterocycles. The second kappa shape index (κ2) is 6.60. The van der Waals surface area contributed by atoms with Crippen molar-refractivity contribution in [3.63, 3.8) is 0 Å². The molecule has 0 fully saturated rings. The standard InChI is InChI=1S/C18H15FN2O3S/c1-12-11-17(20-24-12)13-3-5-14(6-4-13)18(22)21-25(2,23)16-9-7-15(19)8-10-16/h3-11H,1-2H3. The highest BCUT2D eigenvalue weighted by Gasteiger charge is 2.12. The van der Waals surface area contributed by atoms with Crippen LogP contribution in [0.4, 0.5) is 4.39 Å². The largest absolute Gasteiger partial charge is 0.361 e. The molecular formula is C18H15FN2O3S. The summed E-state index contributed by atoms with van der Waals surface area (Å²) in [5, 5.41) is 3.91. The van der Waals surface area contributed by atoms with Crippen LogP contribution in [0.15, 0.2) is 68.4 Å². The van der Waals surface area contributed by atoms with Crippen molar-refractivity contribution in [2.24, 2.45) is 4.36 Å². The summed E-state index contributed by atoms with van der Waals surface area (Å²) in [6.45, 7) is 1.79. The summed E-state index contributed by atoms with van der Waals surface area (Å²) >= 11 is 0. The molecule has 1 amide bonds. The van der Waals surface area contributed by atoms with Crippen molar-refractivity contribution in [3.05, 3.63) is 71.7 Å². The van der Waals surface area contributed by atoms with Crippen molar-refractivity contribution < 1.29 is 17.9 Å². The number of benzene rings is 2. The number of rotatable bonds is 3. The topological polar surface area (TPSA) is 72.5 Å². The average molecular weight is 358 g/mol. The predicted molar refractivity (Wildman–Crippen MR) is 92.2 cm³/mol. The highest BCUT2D eigenvalue weighted by atomic mass is 32.2. The second-order valence-corrected chi connectivity index (χ2v) is 7.81. The van der Waals surface area contributed by atoms with Crippen molar-refractivity contribution in [1.82, 2.24) is 5.16 Å². The summed E-state index contributed by atoms with van der Waals surface area (Å²) in [4.78, 5) is 12.6. The van der Waals surface area contributed by atoms with Crippen LogP contribution in [0.3, 0.4) is 0 Å². The Labute approximate surface area is 144 Å². The smallest absolute Gasteiger partial charge is 0.285 e. The minimum Gasteiger partial charge on any atom is -0.361 e. The molecule has 0 saturated heterocycles. The van der Waals surface area contributed by atoms with Gasteiger partial charge in [0.15, 0.2) is 0 Å². The van der Waals surface area contributed by atoms with E-state index in [0.29, 0.717) is 21.9 Å². The van der Waals surface area contributed by atoms with E-state index in [1.807, 2.05) is 0 Å². The summed E-state index contributed by atoms with van der Waals surface area (Å²) in [6.07, 6.45) is 1.35. The molecule has 0 spiro atoms. The maximum Gasteiger partial charge on any atom is 0.285 e. The summed E-state index contributed by atoms with van der Waals surface area (Å²) in [7, 11) is -2.95. The van der Waals surface area contributed by atoms with Crippen LogP contribution < -0.4 is 0 Å². The van der Waals surface area contributed by atoms with E-state index < -0.39 is 21.5 Å². The molecule has 1 heterocycles. The Morgan fingerprint density at radius 2 is 1.76 bits per heavy atom. The Bertz CT molecular complexity index is 1030. The molecule has 0 bridgehead atoms. The summed E-state index contributed by atoms with van der Waals surface area (Å²) in [6, 6.07) is 13.5. The molecule has 25 heavy (non-hydrogen) atoms. The zero-order valence-electron chi connectivity index (χ0n) is 13.6. The van der Waals surface area contributed by atoms with E-state index in [1.165, 1.54) is 30.5 Å². The number of nitrogens with zero attached hydrogens (tertiary/aromatic N) is 2. The van der Waals surface area contributed by atoms with Gasteiger partial charge in [-0.25, -0.2) is 8.60 Å². The fourth-order valence-electron chi connectivity index (χ4n) is 2.24. The molecule has 0 N–H and O–H groups in total. The van der Waals surface area contributed by atoms with Gasteiger partial charge in [-0.1, -0.05) is 17.3 Å². The molecular weight excluding hydrogens is 343 g/mol. The molecule has 0 radical (unpaired) electrons. The molecule has 2 aromatic carbocycles. The van der Waals surface area contributed by atoms with Crippen LogP contribution in [0.25, 0.3) is 11.3 Å². The van der Waals surface area contributed by atoms with Gasteiger partial charge in [-0.05, 0) is 43.3 Å². The molecule has 0 aliphatic carbocycles. The van der Waals surface area contributed by atoms with E-state index in [9.17, 15) is 13.4 Å². The molecule has 0 saturated carbocycles. The van der Waals surface area contributed by atoms with Gasteiger partial charge in [0.1, 0.15) is 17.3 Å². The Kier molecular flexibility index (Phi) is 4.50. The lowest BCUT2D eigenvalue weighted by molar-refractivity contribution is 0.100. The summed E-state index contributed by atoms with van der Waals surface area (Å²) in [5.74, 6) is -0.348. The number of hydrogen-bond acceptors (Lipinski definition) is 4.